The van der Waals surface area contributed by atoms with Gasteiger partial charge in [-0.15, -0.1) is 0 Å². The average molecular weight is 305 g/mol. The highest BCUT2D eigenvalue weighted by atomic mass is 32.2. The molecule has 1 N–H and O–H groups in total. The van der Waals surface area contributed by atoms with Gasteiger partial charge in [-0.3, -0.25) is 0 Å². The SMILES string of the molecule is CC(NC1CCS(=O)(=O)C1)c1ccc(OC(F)F)cc1. The van der Waals surface area contributed by atoms with E-state index in [4.69, 9.17) is 0 Å². The number of ether oxygens (including phenoxy) is 1. The molecule has 0 bridgehead atoms. The number of rotatable bonds is 5. The Hall–Kier alpha value is -1.21. The maximum atomic E-state index is 12.0. The first-order chi connectivity index (χ1) is 9.35. The lowest BCUT2D eigenvalue weighted by Gasteiger charge is -2.19. The van der Waals surface area contributed by atoms with E-state index >= 15 is 0 Å². The average Bonchev–Trinajstić information content (AvgIpc) is 2.68. The van der Waals surface area contributed by atoms with Crippen molar-refractivity contribution in [1.82, 2.24) is 5.32 Å². The third kappa shape index (κ3) is 4.14. The molecule has 2 unspecified atom stereocenters. The highest BCUT2D eigenvalue weighted by Crippen LogP contribution is 2.21. The summed E-state index contributed by atoms with van der Waals surface area (Å²) in [5.74, 6) is 0.488. The first-order valence-electron chi connectivity index (χ1n) is 6.37. The van der Waals surface area contributed by atoms with Gasteiger partial charge in [0.1, 0.15) is 5.75 Å². The van der Waals surface area contributed by atoms with Gasteiger partial charge in [0.25, 0.3) is 0 Å². The minimum atomic E-state index is -2.91. The van der Waals surface area contributed by atoms with Gasteiger partial charge >= 0.3 is 6.61 Å². The van der Waals surface area contributed by atoms with E-state index < -0.39 is 16.4 Å². The Morgan fingerprint density at radius 2 is 1.95 bits per heavy atom. The smallest absolute Gasteiger partial charge is 0.387 e. The van der Waals surface area contributed by atoms with Crippen LogP contribution < -0.4 is 10.1 Å². The molecule has 2 rings (SSSR count). The number of hydrogen-bond acceptors (Lipinski definition) is 4. The lowest BCUT2D eigenvalue weighted by atomic mass is 10.1. The quantitative estimate of drug-likeness (QED) is 0.905. The zero-order chi connectivity index (χ0) is 14.8. The third-order valence-corrected chi connectivity index (χ3v) is 5.09. The Labute approximate surface area is 117 Å². The fourth-order valence-electron chi connectivity index (χ4n) is 2.31. The van der Waals surface area contributed by atoms with Crippen LogP contribution in [-0.4, -0.2) is 32.6 Å². The fraction of sp³-hybridized carbons (Fsp3) is 0.538. The molecule has 7 heteroatoms. The molecule has 1 aromatic carbocycles. The van der Waals surface area contributed by atoms with Gasteiger partial charge in [0.15, 0.2) is 9.84 Å². The van der Waals surface area contributed by atoms with E-state index in [9.17, 15) is 17.2 Å². The molecular formula is C13H17F2NO3S. The number of nitrogens with one attached hydrogen (secondary N) is 1. The zero-order valence-electron chi connectivity index (χ0n) is 11.1. The van der Waals surface area contributed by atoms with Gasteiger partial charge in [0.05, 0.1) is 11.5 Å². The van der Waals surface area contributed by atoms with Crippen LogP contribution in [0.2, 0.25) is 0 Å². The monoisotopic (exact) mass is 305 g/mol. The number of benzene rings is 1. The van der Waals surface area contributed by atoms with Crippen molar-refractivity contribution in [2.45, 2.75) is 32.0 Å². The van der Waals surface area contributed by atoms with Gasteiger partial charge in [-0.05, 0) is 31.0 Å². The van der Waals surface area contributed by atoms with E-state index in [2.05, 4.69) is 10.1 Å². The molecule has 0 aliphatic carbocycles. The second-order valence-electron chi connectivity index (χ2n) is 4.94. The molecule has 20 heavy (non-hydrogen) atoms. The van der Waals surface area contributed by atoms with E-state index in [1.54, 1.807) is 12.1 Å². The summed E-state index contributed by atoms with van der Waals surface area (Å²) in [7, 11) is -2.91. The minimum absolute atomic E-state index is 0.0473. The molecule has 4 nitrogen and oxygen atoms in total. The summed E-state index contributed by atoms with van der Waals surface area (Å²) in [6.07, 6.45) is 0.610. The van der Waals surface area contributed by atoms with E-state index in [0.29, 0.717) is 6.42 Å². The van der Waals surface area contributed by atoms with Crippen LogP contribution in [0.3, 0.4) is 0 Å². The molecule has 0 aromatic heterocycles. The normalized spacial score (nSPS) is 22.9. The molecule has 1 saturated heterocycles. The molecule has 1 fully saturated rings. The zero-order valence-corrected chi connectivity index (χ0v) is 11.9. The molecule has 112 valence electrons. The summed E-state index contributed by atoms with van der Waals surface area (Å²) in [6.45, 7) is -0.923. The standard InChI is InChI=1S/C13H17F2NO3S/c1-9(16-11-6-7-20(17,18)8-11)10-2-4-12(5-3-10)19-13(14)15/h2-5,9,11,13,16H,6-8H2,1H3. The van der Waals surface area contributed by atoms with Crippen LogP contribution in [0.1, 0.15) is 24.9 Å². The molecule has 0 spiro atoms. The van der Waals surface area contributed by atoms with Gasteiger partial charge in [-0.2, -0.15) is 8.78 Å². The predicted octanol–water partition coefficient (Wildman–Crippen LogP) is 2.13. The molecular weight excluding hydrogens is 288 g/mol. The van der Waals surface area contributed by atoms with Crippen LogP contribution in [-0.2, 0) is 9.84 Å². The summed E-state index contributed by atoms with van der Waals surface area (Å²) >= 11 is 0. The highest BCUT2D eigenvalue weighted by molar-refractivity contribution is 7.91. The van der Waals surface area contributed by atoms with Crippen LogP contribution >= 0.6 is 0 Å². The maximum absolute atomic E-state index is 12.0. The number of halogens is 2. The molecule has 1 aliphatic heterocycles. The Kier molecular flexibility index (Phi) is 4.59. The largest absolute Gasteiger partial charge is 0.435 e. The Morgan fingerprint density at radius 3 is 2.45 bits per heavy atom. The van der Waals surface area contributed by atoms with E-state index in [1.165, 1.54) is 12.1 Å². The number of hydrogen-bond donors (Lipinski definition) is 1. The second kappa shape index (κ2) is 6.05. The van der Waals surface area contributed by atoms with Crippen molar-refractivity contribution in [1.29, 1.82) is 0 Å². The fourth-order valence-corrected chi connectivity index (χ4v) is 4.00. The summed E-state index contributed by atoms with van der Waals surface area (Å²) < 4.78 is 51.1. The van der Waals surface area contributed by atoms with Gasteiger partial charge in [0.2, 0.25) is 0 Å². The van der Waals surface area contributed by atoms with Crippen LogP contribution in [0, 0.1) is 0 Å². The van der Waals surface area contributed by atoms with Crippen molar-refractivity contribution in [3.05, 3.63) is 29.8 Å². The lowest BCUT2D eigenvalue weighted by molar-refractivity contribution is -0.0498. The van der Waals surface area contributed by atoms with Gasteiger partial charge < -0.3 is 10.1 Å². The van der Waals surface area contributed by atoms with E-state index in [-0.39, 0.29) is 29.3 Å². The van der Waals surface area contributed by atoms with Crippen molar-refractivity contribution < 1.29 is 21.9 Å². The molecule has 1 aromatic rings. The van der Waals surface area contributed by atoms with Gasteiger partial charge in [-0.25, -0.2) is 8.42 Å². The molecule has 0 saturated carbocycles. The highest BCUT2D eigenvalue weighted by Gasteiger charge is 2.28. The van der Waals surface area contributed by atoms with Gasteiger partial charge in [0, 0.05) is 12.1 Å². The topological polar surface area (TPSA) is 55.4 Å². The summed E-state index contributed by atoms with van der Waals surface area (Å²) in [5, 5.41) is 3.24. The Balaban J connectivity index is 1.94. The van der Waals surface area contributed by atoms with Crippen molar-refractivity contribution >= 4 is 9.84 Å². The van der Waals surface area contributed by atoms with E-state index in [1.807, 2.05) is 6.92 Å². The van der Waals surface area contributed by atoms with Crippen LogP contribution in [0.15, 0.2) is 24.3 Å². The first-order valence-corrected chi connectivity index (χ1v) is 8.19. The summed E-state index contributed by atoms with van der Waals surface area (Å²) in [4.78, 5) is 0. The van der Waals surface area contributed by atoms with E-state index in [0.717, 1.165) is 5.56 Å². The number of sulfone groups is 1. The Bertz CT molecular complexity index is 545. The summed E-state index contributed by atoms with van der Waals surface area (Å²) in [5.41, 5.74) is 0.899. The Morgan fingerprint density at radius 1 is 1.30 bits per heavy atom. The van der Waals surface area contributed by atoms with Crippen LogP contribution in [0.5, 0.6) is 5.75 Å². The van der Waals surface area contributed by atoms with Gasteiger partial charge in [-0.1, -0.05) is 12.1 Å². The number of alkyl halides is 2. The van der Waals surface area contributed by atoms with Crippen molar-refractivity contribution in [2.24, 2.45) is 0 Å². The molecule has 2 atom stereocenters. The van der Waals surface area contributed by atoms with Crippen molar-refractivity contribution in [3.63, 3.8) is 0 Å². The molecule has 0 amide bonds. The maximum Gasteiger partial charge on any atom is 0.387 e. The molecule has 1 aliphatic rings. The minimum Gasteiger partial charge on any atom is -0.435 e. The molecule has 1 heterocycles. The summed E-state index contributed by atoms with van der Waals surface area (Å²) in [6, 6.07) is 6.24. The molecule has 0 radical (unpaired) electrons. The van der Waals surface area contributed by atoms with Crippen molar-refractivity contribution in [2.75, 3.05) is 11.5 Å². The second-order valence-corrected chi connectivity index (χ2v) is 7.16. The first kappa shape index (κ1) is 15.2. The van der Waals surface area contributed by atoms with Crippen molar-refractivity contribution in [3.8, 4) is 5.75 Å². The third-order valence-electron chi connectivity index (χ3n) is 3.32. The van der Waals surface area contributed by atoms with Crippen LogP contribution in [0.4, 0.5) is 8.78 Å². The lowest BCUT2D eigenvalue weighted by Crippen LogP contribution is -2.32. The van der Waals surface area contributed by atoms with Crippen LogP contribution in [0.25, 0.3) is 0 Å². The predicted molar refractivity (Wildman–Crippen MR) is 71.7 cm³/mol.